The second-order valence-electron chi connectivity index (χ2n) is 8.42. The van der Waals surface area contributed by atoms with Crippen LogP contribution in [0.1, 0.15) is 75.1 Å². The number of rotatable bonds is 7. The van der Waals surface area contributed by atoms with Gasteiger partial charge in [0.2, 0.25) is 0 Å². The number of aliphatic hydroxyl groups is 1. The van der Waals surface area contributed by atoms with E-state index < -0.39 is 6.10 Å². The third kappa shape index (κ3) is 5.51. The lowest BCUT2D eigenvalue weighted by molar-refractivity contribution is 0.197. The highest BCUT2D eigenvalue weighted by Gasteiger charge is 2.26. The van der Waals surface area contributed by atoms with Gasteiger partial charge in [-0.2, -0.15) is 0 Å². The van der Waals surface area contributed by atoms with Crippen molar-refractivity contribution in [2.75, 3.05) is 0 Å². The summed E-state index contributed by atoms with van der Waals surface area (Å²) in [6.45, 7) is 10.3. The third-order valence-electron chi connectivity index (χ3n) is 5.26. The molecule has 1 unspecified atom stereocenters. The molecule has 0 radical (unpaired) electrons. The summed E-state index contributed by atoms with van der Waals surface area (Å²) in [6, 6.07) is 14.6. The Morgan fingerprint density at radius 2 is 1.48 bits per heavy atom. The maximum Gasteiger partial charge on any atom is 0.123 e. The van der Waals surface area contributed by atoms with E-state index in [1.807, 2.05) is 12.1 Å². The van der Waals surface area contributed by atoms with Crippen LogP contribution in [0.25, 0.3) is 11.1 Å². The summed E-state index contributed by atoms with van der Waals surface area (Å²) in [6.07, 6.45) is -0.682. The van der Waals surface area contributed by atoms with Crippen molar-refractivity contribution in [1.82, 2.24) is 4.98 Å². The molecule has 3 aromatic rings. The van der Waals surface area contributed by atoms with Crippen LogP contribution in [0.15, 0.2) is 58.3 Å². The quantitative estimate of drug-likeness (QED) is 0.282. The van der Waals surface area contributed by atoms with E-state index in [0.29, 0.717) is 5.75 Å². The van der Waals surface area contributed by atoms with Gasteiger partial charge in [-0.25, -0.2) is 4.39 Å². The average molecular weight is 456 g/mol. The van der Waals surface area contributed by atoms with Crippen molar-refractivity contribution < 1.29 is 9.50 Å². The van der Waals surface area contributed by atoms with E-state index >= 15 is 0 Å². The molecule has 0 aliphatic rings. The molecule has 0 saturated heterocycles. The van der Waals surface area contributed by atoms with E-state index in [-0.39, 0.29) is 17.7 Å². The van der Waals surface area contributed by atoms with Crippen molar-refractivity contribution in [3.8, 4) is 11.1 Å². The highest BCUT2D eigenvalue weighted by molar-refractivity contribution is 7.98. The first-order valence-corrected chi connectivity index (χ1v) is 12.0. The molecule has 0 bridgehead atoms. The van der Waals surface area contributed by atoms with Gasteiger partial charge in [0, 0.05) is 32.5 Å². The second-order valence-corrected chi connectivity index (χ2v) is 9.99. The summed E-state index contributed by atoms with van der Waals surface area (Å²) >= 11 is 6.10. The number of benzene rings is 2. The summed E-state index contributed by atoms with van der Waals surface area (Å²) in [4.78, 5) is 7.14. The molecule has 164 valence electrons. The molecular weight excluding hydrogens is 425 g/mol. The fourth-order valence-corrected chi connectivity index (χ4v) is 4.89. The molecule has 0 aliphatic heterocycles. The maximum absolute atomic E-state index is 13.7. The van der Waals surface area contributed by atoms with Gasteiger partial charge in [-0.3, -0.25) is 4.98 Å². The summed E-state index contributed by atoms with van der Waals surface area (Å²) < 4.78 is 13.7. The number of thioether (sulfide) groups is 1. The van der Waals surface area contributed by atoms with E-state index in [4.69, 9.17) is 4.98 Å². The van der Waals surface area contributed by atoms with Gasteiger partial charge >= 0.3 is 0 Å². The summed E-state index contributed by atoms with van der Waals surface area (Å²) in [5, 5.41) is 10.8. The largest absolute Gasteiger partial charge is 0.389 e. The first-order valence-electron chi connectivity index (χ1n) is 10.6. The molecular formula is C26H30FNOS2. The molecule has 0 spiro atoms. The van der Waals surface area contributed by atoms with Crippen LogP contribution in [0.5, 0.6) is 0 Å². The van der Waals surface area contributed by atoms with Crippen LogP contribution in [0, 0.1) is 5.82 Å². The number of nitrogens with zero attached hydrogens (tertiary/aromatic N) is 1. The highest BCUT2D eigenvalue weighted by atomic mass is 32.2. The number of thiol groups is 1. The lowest BCUT2D eigenvalue weighted by Gasteiger charge is -2.26. The molecule has 2 aromatic carbocycles. The van der Waals surface area contributed by atoms with Crippen LogP contribution < -0.4 is 0 Å². The lowest BCUT2D eigenvalue weighted by atomic mass is 9.86. The molecule has 1 N–H and O–H groups in total. The van der Waals surface area contributed by atoms with Crippen LogP contribution in [-0.2, 0) is 5.75 Å². The van der Waals surface area contributed by atoms with E-state index in [1.165, 1.54) is 12.1 Å². The molecule has 5 heteroatoms. The minimum atomic E-state index is -0.682. The standard InChI is InChI=1S/C26H30FNOS2/c1-15(2)25-22(14-31-21-12-10-20(30)11-13-21)24(18-6-8-19(27)9-7-18)23(17(5)29)26(28-25)16(3)4/h6-13,15-17,29-30H,14H2,1-5H3. The molecule has 2 nitrogen and oxygen atoms in total. The number of hydrogen-bond acceptors (Lipinski definition) is 4. The van der Waals surface area contributed by atoms with Gasteiger partial charge in [0.25, 0.3) is 0 Å². The third-order valence-corrected chi connectivity index (χ3v) is 6.60. The minimum absolute atomic E-state index is 0.158. The Bertz CT molecular complexity index is 1030. The van der Waals surface area contributed by atoms with Crippen LogP contribution in [0.4, 0.5) is 4.39 Å². The van der Waals surface area contributed by atoms with Gasteiger partial charge in [0.1, 0.15) is 5.82 Å². The Hall–Kier alpha value is -1.82. The average Bonchev–Trinajstić information content (AvgIpc) is 2.72. The first-order chi connectivity index (χ1) is 14.7. The van der Waals surface area contributed by atoms with Gasteiger partial charge in [-0.1, -0.05) is 39.8 Å². The highest BCUT2D eigenvalue weighted by Crippen LogP contribution is 2.41. The van der Waals surface area contributed by atoms with Gasteiger partial charge in [0.15, 0.2) is 0 Å². The van der Waals surface area contributed by atoms with E-state index in [1.54, 1.807) is 30.8 Å². The molecule has 0 amide bonds. The van der Waals surface area contributed by atoms with Crippen LogP contribution in [-0.4, -0.2) is 10.1 Å². The normalized spacial score (nSPS) is 12.6. The molecule has 1 heterocycles. The molecule has 1 atom stereocenters. The van der Waals surface area contributed by atoms with Crippen molar-refractivity contribution in [2.45, 2.75) is 68.1 Å². The molecule has 0 aliphatic carbocycles. The second kappa shape index (κ2) is 10.2. The Kier molecular flexibility index (Phi) is 7.84. The molecule has 31 heavy (non-hydrogen) atoms. The zero-order chi connectivity index (χ0) is 22.7. The Morgan fingerprint density at radius 3 is 2.00 bits per heavy atom. The SMILES string of the molecule is CC(C)c1nc(C(C)C)c(C(C)O)c(-c2ccc(F)cc2)c1CSc1ccc(S)cc1. The number of aliphatic hydroxyl groups excluding tert-OH is 1. The van der Waals surface area contributed by atoms with Crippen molar-refractivity contribution in [2.24, 2.45) is 0 Å². The number of aromatic nitrogens is 1. The zero-order valence-electron chi connectivity index (χ0n) is 18.7. The molecule has 3 rings (SSSR count). The van der Waals surface area contributed by atoms with Crippen LogP contribution in [0.3, 0.4) is 0 Å². The van der Waals surface area contributed by atoms with Crippen molar-refractivity contribution in [3.05, 3.63) is 76.9 Å². The number of halogens is 1. The van der Waals surface area contributed by atoms with E-state index in [2.05, 4.69) is 52.5 Å². The Labute approximate surface area is 194 Å². The summed E-state index contributed by atoms with van der Waals surface area (Å²) in [5.41, 5.74) is 5.77. The van der Waals surface area contributed by atoms with Crippen LogP contribution >= 0.6 is 24.4 Å². The predicted octanol–water partition coefficient (Wildman–Crippen LogP) is 7.77. The van der Waals surface area contributed by atoms with Crippen molar-refractivity contribution in [1.29, 1.82) is 0 Å². The van der Waals surface area contributed by atoms with Crippen molar-refractivity contribution in [3.63, 3.8) is 0 Å². The van der Waals surface area contributed by atoms with E-state index in [0.717, 1.165) is 43.4 Å². The lowest BCUT2D eigenvalue weighted by Crippen LogP contribution is -2.13. The van der Waals surface area contributed by atoms with Gasteiger partial charge in [-0.05, 0) is 71.8 Å². The minimum Gasteiger partial charge on any atom is -0.389 e. The number of hydrogen-bond donors (Lipinski definition) is 2. The fraction of sp³-hybridized carbons (Fsp3) is 0.346. The summed E-state index contributed by atoms with van der Waals surface area (Å²) in [7, 11) is 0. The Morgan fingerprint density at radius 1 is 0.903 bits per heavy atom. The topological polar surface area (TPSA) is 33.1 Å². The smallest absolute Gasteiger partial charge is 0.123 e. The molecule has 1 aromatic heterocycles. The zero-order valence-corrected chi connectivity index (χ0v) is 20.4. The van der Waals surface area contributed by atoms with E-state index in [9.17, 15) is 9.50 Å². The maximum atomic E-state index is 13.7. The monoisotopic (exact) mass is 455 g/mol. The molecule has 0 fully saturated rings. The first kappa shape index (κ1) is 23.8. The fourth-order valence-electron chi connectivity index (χ4n) is 3.81. The predicted molar refractivity (Wildman–Crippen MR) is 132 cm³/mol. The van der Waals surface area contributed by atoms with Gasteiger partial charge in [-0.15, -0.1) is 24.4 Å². The van der Waals surface area contributed by atoms with Gasteiger partial charge in [0.05, 0.1) is 6.10 Å². The summed E-state index contributed by atoms with van der Waals surface area (Å²) in [5.74, 6) is 0.811. The van der Waals surface area contributed by atoms with Crippen LogP contribution in [0.2, 0.25) is 0 Å². The van der Waals surface area contributed by atoms with Gasteiger partial charge < -0.3 is 5.11 Å². The number of pyridine rings is 1. The molecule has 0 saturated carbocycles. The van der Waals surface area contributed by atoms with Crippen molar-refractivity contribution >= 4 is 24.4 Å². The Balaban J connectivity index is 2.25.